The topological polar surface area (TPSA) is 86.0 Å². The average molecular weight is 300 g/mol. The summed E-state index contributed by atoms with van der Waals surface area (Å²) in [7, 11) is 0. The molecule has 5 rings (SSSR count). The molecule has 23 heavy (non-hydrogen) atoms. The minimum Gasteiger partial charge on any atom is -0.337 e. The SMILES string of the molecule is c1ccc2[nH]c(-c3cc(-c4nc5ccccc5[nH]4)[nH]n3)nc2c1. The van der Waals surface area contributed by atoms with E-state index in [1.165, 1.54) is 0 Å². The predicted molar refractivity (Wildman–Crippen MR) is 88.8 cm³/mol. The van der Waals surface area contributed by atoms with Gasteiger partial charge in [-0.2, -0.15) is 5.10 Å². The van der Waals surface area contributed by atoms with Crippen molar-refractivity contribution < 1.29 is 0 Å². The predicted octanol–water partition coefficient (Wildman–Crippen LogP) is 3.50. The highest BCUT2D eigenvalue weighted by Crippen LogP contribution is 2.24. The summed E-state index contributed by atoms with van der Waals surface area (Å²) in [6.45, 7) is 0. The fourth-order valence-corrected chi connectivity index (χ4v) is 2.72. The Morgan fingerprint density at radius 3 is 2.00 bits per heavy atom. The lowest BCUT2D eigenvalue weighted by Gasteiger charge is -1.87. The van der Waals surface area contributed by atoms with Crippen LogP contribution in [0.1, 0.15) is 0 Å². The second-order valence-electron chi connectivity index (χ2n) is 5.37. The van der Waals surface area contributed by atoms with Gasteiger partial charge in [-0.1, -0.05) is 24.3 Å². The standard InChI is InChI=1S/C17H12N6/c1-2-6-11-10(5-1)18-16(19-11)14-9-15(23-22-14)17-20-12-7-3-4-8-13(12)21-17/h1-9H,(H,18,19)(H,20,21)(H,22,23). The van der Waals surface area contributed by atoms with E-state index in [-0.39, 0.29) is 0 Å². The van der Waals surface area contributed by atoms with Crippen molar-refractivity contribution in [2.75, 3.05) is 0 Å². The van der Waals surface area contributed by atoms with Gasteiger partial charge in [-0.3, -0.25) is 5.10 Å². The zero-order valence-electron chi connectivity index (χ0n) is 12.0. The second-order valence-corrected chi connectivity index (χ2v) is 5.37. The van der Waals surface area contributed by atoms with Gasteiger partial charge in [0.2, 0.25) is 0 Å². The van der Waals surface area contributed by atoms with Crippen LogP contribution < -0.4 is 0 Å². The molecule has 3 heterocycles. The van der Waals surface area contributed by atoms with Crippen LogP contribution in [0.15, 0.2) is 54.6 Å². The minimum atomic E-state index is 0.741. The molecule has 0 atom stereocenters. The van der Waals surface area contributed by atoms with Gasteiger partial charge < -0.3 is 9.97 Å². The van der Waals surface area contributed by atoms with Gasteiger partial charge in [-0.25, -0.2) is 9.97 Å². The van der Waals surface area contributed by atoms with Crippen LogP contribution in [0.5, 0.6) is 0 Å². The molecule has 2 aromatic carbocycles. The Labute approximate surface area is 130 Å². The van der Waals surface area contributed by atoms with Crippen molar-refractivity contribution in [2.45, 2.75) is 0 Å². The fourth-order valence-electron chi connectivity index (χ4n) is 2.72. The number of fused-ring (bicyclic) bond motifs is 2. The number of aromatic amines is 3. The van der Waals surface area contributed by atoms with E-state index in [1.807, 2.05) is 54.6 Å². The lowest BCUT2D eigenvalue weighted by atomic mass is 10.3. The number of H-pyrrole nitrogens is 3. The third-order valence-corrected chi connectivity index (χ3v) is 3.85. The number of rotatable bonds is 2. The molecule has 0 aliphatic rings. The molecule has 0 aliphatic carbocycles. The summed E-state index contributed by atoms with van der Waals surface area (Å²) in [5.74, 6) is 1.51. The van der Waals surface area contributed by atoms with Crippen molar-refractivity contribution in [3.05, 3.63) is 54.6 Å². The van der Waals surface area contributed by atoms with Gasteiger partial charge in [0.05, 0.1) is 22.1 Å². The number of hydrogen-bond acceptors (Lipinski definition) is 3. The molecule has 0 fully saturated rings. The van der Waals surface area contributed by atoms with Gasteiger partial charge in [0.25, 0.3) is 0 Å². The van der Waals surface area contributed by atoms with E-state index < -0.39 is 0 Å². The summed E-state index contributed by atoms with van der Waals surface area (Å²) in [6, 6.07) is 17.8. The number of para-hydroxylation sites is 4. The van der Waals surface area contributed by atoms with Crippen LogP contribution in [0.3, 0.4) is 0 Å². The highest BCUT2D eigenvalue weighted by molar-refractivity contribution is 5.80. The maximum atomic E-state index is 4.58. The summed E-state index contributed by atoms with van der Waals surface area (Å²) < 4.78 is 0. The summed E-state index contributed by atoms with van der Waals surface area (Å²) in [5.41, 5.74) is 5.45. The molecule has 0 saturated carbocycles. The molecule has 6 heteroatoms. The van der Waals surface area contributed by atoms with E-state index in [1.54, 1.807) is 0 Å². The zero-order valence-corrected chi connectivity index (χ0v) is 12.0. The first-order valence-corrected chi connectivity index (χ1v) is 7.32. The number of aromatic nitrogens is 6. The molecule has 0 radical (unpaired) electrons. The molecule has 0 unspecified atom stereocenters. The summed E-state index contributed by atoms with van der Waals surface area (Å²) in [6.07, 6.45) is 0. The summed E-state index contributed by atoms with van der Waals surface area (Å²) >= 11 is 0. The first kappa shape index (κ1) is 12.2. The van der Waals surface area contributed by atoms with Gasteiger partial charge in [0, 0.05) is 0 Å². The van der Waals surface area contributed by atoms with Gasteiger partial charge in [-0.05, 0) is 30.3 Å². The minimum absolute atomic E-state index is 0.741. The Balaban J connectivity index is 1.59. The van der Waals surface area contributed by atoms with E-state index in [2.05, 4.69) is 30.1 Å². The van der Waals surface area contributed by atoms with Crippen LogP contribution >= 0.6 is 0 Å². The molecule has 3 aromatic heterocycles. The molecule has 0 bridgehead atoms. The van der Waals surface area contributed by atoms with E-state index in [0.717, 1.165) is 45.1 Å². The molecule has 0 aliphatic heterocycles. The fraction of sp³-hybridized carbons (Fsp3) is 0. The Morgan fingerprint density at radius 1 is 0.696 bits per heavy atom. The van der Waals surface area contributed by atoms with E-state index >= 15 is 0 Å². The lowest BCUT2D eigenvalue weighted by molar-refractivity contribution is 1.07. The number of nitrogens with one attached hydrogen (secondary N) is 3. The van der Waals surface area contributed by atoms with Gasteiger partial charge >= 0.3 is 0 Å². The summed E-state index contributed by atoms with van der Waals surface area (Å²) in [4.78, 5) is 15.7. The smallest absolute Gasteiger partial charge is 0.159 e. The van der Waals surface area contributed by atoms with E-state index in [4.69, 9.17) is 0 Å². The maximum Gasteiger partial charge on any atom is 0.159 e. The summed E-state index contributed by atoms with van der Waals surface area (Å²) in [5, 5.41) is 7.37. The second kappa shape index (κ2) is 4.54. The number of benzene rings is 2. The molecule has 0 amide bonds. The van der Waals surface area contributed by atoms with Crippen molar-refractivity contribution in [1.82, 2.24) is 30.1 Å². The van der Waals surface area contributed by atoms with Gasteiger partial charge in [0.1, 0.15) is 11.4 Å². The maximum absolute atomic E-state index is 4.58. The van der Waals surface area contributed by atoms with Crippen LogP contribution in [-0.4, -0.2) is 30.1 Å². The van der Waals surface area contributed by atoms with E-state index in [9.17, 15) is 0 Å². The monoisotopic (exact) mass is 300 g/mol. The van der Waals surface area contributed by atoms with Crippen molar-refractivity contribution in [2.24, 2.45) is 0 Å². The molecular formula is C17H12N6. The zero-order chi connectivity index (χ0) is 15.2. The first-order valence-electron chi connectivity index (χ1n) is 7.32. The van der Waals surface area contributed by atoms with Crippen LogP contribution in [0.4, 0.5) is 0 Å². The third kappa shape index (κ3) is 1.92. The Kier molecular flexibility index (Phi) is 2.40. The molecule has 5 aromatic rings. The quantitative estimate of drug-likeness (QED) is 0.466. The van der Waals surface area contributed by atoms with Crippen LogP contribution in [0.25, 0.3) is 45.1 Å². The van der Waals surface area contributed by atoms with Crippen molar-refractivity contribution in [1.29, 1.82) is 0 Å². The van der Waals surface area contributed by atoms with Crippen molar-refractivity contribution >= 4 is 22.1 Å². The molecule has 3 N–H and O–H groups in total. The van der Waals surface area contributed by atoms with Crippen molar-refractivity contribution in [3.63, 3.8) is 0 Å². The molecule has 6 nitrogen and oxygen atoms in total. The lowest BCUT2D eigenvalue weighted by Crippen LogP contribution is -1.79. The highest BCUT2D eigenvalue weighted by atomic mass is 15.2. The largest absolute Gasteiger partial charge is 0.337 e. The normalized spacial score (nSPS) is 11.5. The molecule has 0 spiro atoms. The van der Waals surface area contributed by atoms with Crippen LogP contribution in [0.2, 0.25) is 0 Å². The number of nitrogens with zero attached hydrogens (tertiary/aromatic N) is 3. The van der Waals surface area contributed by atoms with Gasteiger partial charge in [0.15, 0.2) is 11.6 Å². The van der Waals surface area contributed by atoms with Crippen LogP contribution in [0, 0.1) is 0 Å². The van der Waals surface area contributed by atoms with Gasteiger partial charge in [-0.15, -0.1) is 0 Å². The van der Waals surface area contributed by atoms with Crippen molar-refractivity contribution in [3.8, 4) is 23.0 Å². The van der Waals surface area contributed by atoms with Crippen LogP contribution in [-0.2, 0) is 0 Å². The third-order valence-electron chi connectivity index (χ3n) is 3.85. The highest BCUT2D eigenvalue weighted by Gasteiger charge is 2.12. The molecule has 110 valence electrons. The Bertz CT molecular complexity index is 976. The number of imidazole rings is 2. The number of hydrogen-bond donors (Lipinski definition) is 3. The van der Waals surface area contributed by atoms with E-state index in [0.29, 0.717) is 0 Å². The molecule has 0 saturated heterocycles. The average Bonchev–Trinajstić information content (AvgIpc) is 3.30. The Morgan fingerprint density at radius 2 is 1.30 bits per heavy atom. The molecular weight excluding hydrogens is 288 g/mol. The first-order chi connectivity index (χ1) is 11.4. The Hall–Kier alpha value is -3.41.